The highest BCUT2D eigenvalue weighted by atomic mass is 35.5. The number of rotatable bonds is 4. The molecule has 1 aromatic heterocycles. The summed E-state index contributed by atoms with van der Waals surface area (Å²) in [5.74, 6) is -0.248. The van der Waals surface area contributed by atoms with Crippen molar-refractivity contribution >= 4 is 11.6 Å². The third-order valence-electron chi connectivity index (χ3n) is 3.13. The Hall–Kier alpha value is -1.32. The first-order valence-corrected chi connectivity index (χ1v) is 6.63. The summed E-state index contributed by atoms with van der Waals surface area (Å²) in [4.78, 5) is 0. The summed E-state index contributed by atoms with van der Waals surface area (Å²) in [5.41, 5.74) is 1.59. The fraction of sp³-hybridized carbons (Fsp3) is 0.333. The third kappa shape index (κ3) is 3.17. The van der Waals surface area contributed by atoms with Crippen LogP contribution in [-0.4, -0.2) is 9.67 Å². The predicted octanol–water partition coefficient (Wildman–Crippen LogP) is 4.02. The van der Waals surface area contributed by atoms with Gasteiger partial charge in [-0.15, -0.1) is 0 Å². The molecule has 0 aliphatic carbocycles. The maximum Gasteiger partial charge on any atom is 0.142 e. The van der Waals surface area contributed by atoms with Crippen LogP contribution in [0.15, 0.2) is 36.7 Å². The molecule has 1 unspecified atom stereocenters. The van der Waals surface area contributed by atoms with E-state index >= 15 is 0 Å². The number of benzene rings is 1. The smallest absolute Gasteiger partial charge is 0.142 e. The summed E-state index contributed by atoms with van der Waals surface area (Å²) >= 11 is 5.93. The molecule has 0 radical (unpaired) electrons. The second kappa shape index (κ2) is 5.76. The van der Waals surface area contributed by atoms with Gasteiger partial charge in [0.25, 0.3) is 0 Å². The quantitative estimate of drug-likeness (QED) is 0.900. The van der Waals surface area contributed by atoms with Crippen LogP contribution in [0.4, 0.5) is 4.39 Å². The number of halogens is 2. The van der Waals surface area contributed by atoms with E-state index in [9.17, 15) is 9.50 Å². The lowest BCUT2D eigenvalue weighted by molar-refractivity contribution is 0.127. The van der Waals surface area contributed by atoms with Crippen LogP contribution in [0.25, 0.3) is 0 Å². The molecule has 2 rings (SSSR count). The average Bonchev–Trinajstić information content (AvgIpc) is 2.82. The predicted molar refractivity (Wildman–Crippen MR) is 74.7 cm³/mol. The second-order valence-corrected chi connectivity index (χ2v) is 5.40. The van der Waals surface area contributed by atoms with Crippen LogP contribution in [0.5, 0.6) is 0 Å². The average molecular weight is 282 g/mol. The molecular weight excluding hydrogens is 265 g/mol. The fourth-order valence-electron chi connectivity index (χ4n) is 1.98. The molecule has 0 saturated carbocycles. The molecule has 1 N–H and O–H groups in total. The van der Waals surface area contributed by atoms with Gasteiger partial charge >= 0.3 is 0 Å². The Morgan fingerprint density at radius 2 is 2.05 bits per heavy atom. The molecule has 102 valence electrons. The van der Waals surface area contributed by atoms with Crippen LogP contribution in [0, 0.1) is 11.7 Å². The maximum absolute atomic E-state index is 13.3. The molecule has 0 aliphatic heterocycles. The topological polar surface area (TPSA) is 25.2 Å². The minimum Gasteiger partial charge on any atom is -0.388 e. The van der Waals surface area contributed by atoms with Crippen LogP contribution < -0.4 is 0 Å². The van der Waals surface area contributed by atoms with E-state index in [1.165, 1.54) is 6.07 Å². The zero-order chi connectivity index (χ0) is 14.0. The van der Waals surface area contributed by atoms with Crippen LogP contribution >= 0.6 is 11.6 Å². The van der Waals surface area contributed by atoms with Gasteiger partial charge in [-0.2, -0.15) is 0 Å². The van der Waals surface area contributed by atoms with E-state index < -0.39 is 11.9 Å². The molecule has 4 heteroatoms. The lowest BCUT2D eigenvalue weighted by Crippen LogP contribution is -2.04. The molecule has 1 aromatic carbocycles. The highest BCUT2D eigenvalue weighted by molar-refractivity contribution is 6.31. The molecular formula is C15H17ClFNO. The van der Waals surface area contributed by atoms with Gasteiger partial charge < -0.3 is 9.67 Å². The van der Waals surface area contributed by atoms with Crippen molar-refractivity contribution in [3.8, 4) is 0 Å². The van der Waals surface area contributed by atoms with Gasteiger partial charge in [0.05, 0.1) is 11.1 Å². The molecule has 2 aromatic rings. The lowest BCUT2D eigenvalue weighted by Gasteiger charge is -2.12. The van der Waals surface area contributed by atoms with Crippen molar-refractivity contribution in [2.45, 2.75) is 26.5 Å². The number of hydrogen-bond donors (Lipinski definition) is 1. The van der Waals surface area contributed by atoms with Gasteiger partial charge in [0.15, 0.2) is 0 Å². The largest absolute Gasteiger partial charge is 0.388 e. The summed E-state index contributed by atoms with van der Waals surface area (Å²) in [5, 5.41) is 10.1. The Morgan fingerprint density at radius 3 is 2.74 bits per heavy atom. The number of aliphatic hydroxyl groups excluding tert-OH is 1. The van der Waals surface area contributed by atoms with Crippen molar-refractivity contribution in [3.05, 3.63) is 58.6 Å². The van der Waals surface area contributed by atoms with E-state index in [4.69, 9.17) is 11.6 Å². The van der Waals surface area contributed by atoms with E-state index in [-0.39, 0.29) is 10.9 Å². The second-order valence-electron chi connectivity index (χ2n) is 5.02. The number of hydrogen-bond acceptors (Lipinski definition) is 1. The van der Waals surface area contributed by atoms with Gasteiger partial charge in [0, 0.05) is 18.9 Å². The Labute approximate surface area is 117 Å². The van der Waals surface area contributed by atoms with Gasteiger partial charge in [-0.05, 0) is 29.2 Å². The van der Waals surface area contributed by atoms with Crippen molar-refractivity contribution in [2.75, 3.05) is 0 Å². The molecule has 1 heterocycles. The molecule has 19 heavy (non-hydrogen) atoms. The monoisotopic (exact) mass is 281 g/mol. The fourth-order valence-corrected chi connectivity index (χ4v) is 2.17. The summed E-state index contributed by atoms with van der Waals surface area (Å²) in [7, 11) is 0. The summed E-state index contributed by atoms with van der Waals surface area (Å²) < 4.78 is 15.2. The summed E-state index contributed by atoms with van der Waals surface area (Å²) in [6, 6.07) is 6.65. The number of nitrogens with zero attached hydrogens (tertiary/aromatic N) is 1. The SMILES string of the molecule is CC(C)C(O)c1ccn(Cc2cccc(F)c2Cl)c1. The van der Waals surface area contributed by atoms with E-state index in [1.807, 2.05) is 36.9 Å². The minimum absolute atomic E-state index is 0.155. The maximum atomic E-state index is 13.3. The van der Waals surface area contributed by atoms with E-state index in [2.05, 4.69) is 0 Å². The van der Waals surface area contributed by atoms with E-state index in [1.54, 1.807) is 12.1 Å². The molecule has 1 atom stereocenters. The third-order valence-corrected chi connectivity index (χ3v) is 3.55. The molecule has 2 nitrogen and oxygen atoms in total. The van der Waals surface area contributed by atoms with Crippen LogP contribution in [0.2, 0.25) is 5.02 Å². The Kier molecular flexibility index (Phi) is 4.27. The van der Waals surface area contributed by atoms with Crippen molar-refractivity contribution < 1.29 is 9.50 Å². The zero-order valence-corrected chi connectivity index (χ0v) is 11.7. The molecule has 0 saturated heterocycles. The van der Waals surface area contributed by atoms with Crippen molar-refractivity contribution in [1.82, 2.24) is 4.57 Å². The highest BCUT2D eigenvalue weighted by Crippen LogP contribution is 2.24. The normalized spacial score (nSPS) is 12.9. The van der Waals surface area contributed by atoms with Gasteiger partial charge in [0.2, 0.25) is 0 Å². The number of aromatic nitrogens is 1. The van der Waals surface area contributed by atoms with Crippen molar-refractivity contribution in [3.63, 3.8) is 0 Å². The van der Waals surface area contributed by atoms with Crippen molar-refractivity contribution in [2.24, 2.45) is 5.92 Å². The van der Waals surface area contributed by atoms with Crippen LogP contribution in [0.1, 0.15) is 31.1 Å². The van der Waals surface area contributed by atoms with Crippen molar-refractivity contribution in [1.29, 1.82) is 0 Å². The molecule has 0 aliphatic rings. The first-order chi connectivity index (χ1) is 8.99. The van der Waals surface area contributed by atoms with Gasteiger partial charge in [0.1, 0.15) is 5.82 Å². The van der Waals surface area contributed by atoms with Crippen LogP contribution in [0.3, 0.4) is 0 Å². The first-order valence-electron chi connectivity index (χ1n) is 6.25. The number of aliphatic hydroxyl groups is 1. The minimum atomic E-state index is -0.482. The zero-order valence-electron chi connectivity index (χ0n) is 11.0. The van der Waals surface area contributed by atoms with Crippen LogP contribution in [-0.2, 0) is 6.54 Å². The van der Waals surface area contributed by atoms with E-state index in [0.717, 1.165) is 11.1 Å². The Balaban J connectivity index is 2.18. The first kappa shape index (κ1) is 14.1. The molecule has 0 fully saturated rings. The Bertz CT molecular complexity index is 565. The summed E-state index contributed by atoms with van der Waals surface area (Å²) in [6.07, 6.45) is 3.25. The lowest BCUT2D eigenvalue weighted by atomic mass is 10.0. The van der Waals surface area contributed by atoms with E-state index in [0.29, 0.717) is 6.54 Å². The Morgan fingerprint density at radius 1 is 1.32 bits per heavy atom. The standard InChI is InChI=1S/C15H17ClFNO/c1-10(2)15(19)12-6-7-18(9-12)8-11-4-3-5-13(17)14(11)16/h3-7,9-10,15,19H,8H2,1-2H3. The molecule has 0 spiro atoms. The highest BCUT2D eigenvalue weighted by Gasteiger charge is 2.13. The van der Waals surface area contributed by atoms with Gasteiger partial charge in [-0.25, -0.2) is 4.39 Å². The molecule has 0 bridgehead atoms. The summed E-state index contributed by atoms with van der Waals surface area (Å²) in [6.45, 7) is 4.41. The molecule has 0 amide bonds. The van der Waals surface area contributed by atoms with Gasteiger partial charge in [-0.3, -0.25) is 0 Å². The van der Waals surface area contributed by atoms with Gasteiger partial charge in [-0.1, -0.05) is 37.6 Å².